The summed E-state index contributed by atoms with van der Waals surface area (Å²) in [5, 5.41) is 2.79. The first kappa shape index (κ1) is 30.5. The van der Waals surface area contributed by atoms with Crippen molar-refractivity contribution in [3.63, 3.8) is 0 Å². The van der Waals surface area contributed by atoms with E-state index in [2.05, 4.69) is 14.9 Å². The summed E-state index contributed by atoms with van der Waals surface area (Å²) >= 11 is 0. The van der Waals surface area contributed by atoms with Gasteiger partial charge in [-0.3, -0.25) is 14.5 Å². The molecule has 8 nitrogen and oxygen atoms in total. The van der Waals surface area contributed by atoms with Crippen LogP contribution in [0.15, 0.2) is 83.8 Å². The number of nitrogens with zero attached hydrogens (tertiary/aromatic N) is 1. The van der Waals surface area contributed by atoms with E-state index in [4.69, 9.17) is 4.74 Å². The highest BCUT2D eigenvalue weighted by molar-refractivity contribution is 7.89. The van der Waals surface area contributed by atoms with Crippen molar-refractivity contribution in [3.05, 3.63) is 101 Å². The van der Waals surface area contributed by atoms with Crippen molar-refractivity contribution in [1.82, 2.24) is 14.9 Å². The van der Waals surface area contributed by atoms with E-state index in [1.807, 2.05) is 44.2 Å². The van der Waals surface area contributed by atoms with E-state index in [1.54, 1.807) is 12.1 Å². The molecule has 1 fully saturated rings. The predicted molar refractivity (Wildman–Crippen MR) is 155 cm³/mol. The van der Waals surface area contributed by atoms with Gasteiger partial charge in [0.2, 0.25) is 10.0 Å². The normalized spacial score (nSPS) is 15.3. The zero-order valence-electron chi connectivity index (χ0n) is 23.3. The molecule has 0 aliphatic carbocycles. The van der Waals surface area contributed by atoms with E-state index < -0.39 is 33.3 Å². The number of Topliss-reactive ketones (excluding diaryl/α,β-unsaturated/α-hetero) is 1. The van der Waals surface area contributed by atoms with Crippen molar-refractivity contribution >= 4 is 21.7 Å². The zero-order valence-corrected chi connectivity index (χ0v) is 24.1. The van der Waals surface area contributed by atoms with Crippen LogP contribution in [0.4, 0.5) is 4.39 Å². The molecule has 4 rings (SSSR count). The molecule has 0 bridgehead atoms. The van der Waals surface area contributed by atoms with E-state index in [9.17, 15) is 22.4 Å². The van der Waals surface area contributed by atoms with Gasteiger partial charge in [-0.05, 0) is 67.8 Å². The van der Waals surface area contributed by atoms with E-state index in [1.165, 1.54) is 36.4 Å². The Morgan fingerprint density at radius 3 is 2.20 bits per heavy atom. The van der Waals surface area contributed by atoms with E-state index in [0.29, 0.717) is 25.3 Å². The number of hydrogen-bond donors (Lipinski definition) is 2. The molecule has 1 saturated heterocycles. The van der Waals surface area contributed by atoms with Crippen LogP contribution in [-0.4, -0.2) is 69.4 Å². The largest absolute Gasteiger partial charge is 0.379 e. The summed E-state index contributed by atoms with van der Waals surface area (Å²) in [7, 11) is -3.80. The summed E-state index contributed by atoms with van der Waals surface area (Å²) in [6.07, 6.45) is 0.276. The van der Waals surface area contributed by atoms with Gasteiger partial charge in [-0.25, -0.2) is 17.5 Å². The molecule has 2 N–H and O–H groups in total. The van der Waals surface area contributed by atoms with Crippen molar-refractivity contribution in [2.24, 2.45) is 0 Å². The Hall–Kier alpha value is -3.44. The first-order valence-electron chi connectivity index (χ1n) is 13.6. The molecule has 218 valence electrons. The van der Waals surface area contributed by atoms with Gasteiger partial charge < -0.3 is 10.1 Å². The van der Waals surface area contributed by atoms with Gasteiger partial charge in [0, 0.05) is 37.2 Å². The lowest BCUT2D eigenvalue weighted by Gasteiger charge is -2.35. The number of ether oxygens (including phenoxy) is 1. The maximum atomic E-state index is 13.4. The van der Waals surface area contributed by atoms with Gasteiger partial charge >= 0.3 is 0 Å². The molecule has 0 radical (unpaired) electrons. The number of ketones is 1. The molecule has 3 aromatic carbocycles. The maximum absolute atomic E-state index is 13.4. The quantitative estimate of drug-likeness (QED) is 0.340. The molecule has 0 unspecified atom stereocenters. The minimum Gasteiger partial charge on any atom is -0.379 e. The summed E-state index contributed by atoms with van der Waals surface area (Å²) in [6, 6.07) is 19.8. The van der Waals surface area contributed by atoms with Crippen LogP contribution in [0.5, 0.6) is 0 Å². The number of benzene rings is 3. The molecule has 1 aliphatic rings. The number of nitrogens with one attached hydrogen (secondary N) is 2. The number of amides is 1. The van der Waals surface area contributed by atoms with Crippen LogP contribution in [0.1, 0.15) is 35.3 Å². The molecule has 1 atom stereocenters. The van der Waals surface area contributed by atoms with Gasteiger partial charge in [0.25, 0.3) is 5.91 Å². The first-order chi connectivity index (χ1) is 19.5. The summed E-state index contributed by atoms with van der Waals surface area (Å²) in [5.74, 6) is -1.17. The second kappa shape index (κ2) is 13.5. The molecule has 0 aromatic heterocycles. The van der Waals surface area contributed by atoms with Crippen molar-refractivity contribution in [2.45, 2.75) is 43.2 Å². The Morgan fingerprint density at radius 2 is 1.56 bits per heavy atom. The maximum Gasteiger partial charge on any atom is 0.251 e. The third-order valence-corrected chi connectivity index (χ3v) is 8.54. The third-order valence-electron chi connectivity index (χ3n) is 6.83. The highest BCUT2D eigenvalue weighted by Gasteiger charge is 2.29. The average molecular weight is 582 g/mol. The Morgan fingerprint density at radius 1 is 0.927 bits per heavy atom. The van der Waals surface area contributed by atoms with Crippen molar-refractivity contribution in [2.75, 3.05) is 32.8 Å². The fourth-order valence-electron chi connectivity index (χ4n) is 4.82. The van der Waals surface area contributed by atoms with Crippen molar-refractivity contribution in [3.8, 4) is 0 Å². The van der Waals surface area contributed by atoms with Crippen LogP contribution >= 0.6 is 0 Å². The van der Waals surface area contributed by atoms with Crippen LogP contribution in [0.3, 0.4) is 0 Å². The van der Waals surface area contributed by atoms with Crippen LogP contribution in [-0.2, 0) is 32.4 Å². The number of sulfonamides is 1. The number of carbonyl (C=O) groups is 2. The SMILES string of the molecule is CC(C)(CN1CCOCC1)NS(=O)(=O)c1ccc(CC(=O)[C@H](Cc2ccccc2)NC(=O)c2ccc(F)cc2)cc1. The molecule has 3 aromatic rings. The van der Waals surface area contributed by atoms with Crippen LogP contribution in [0.25, 0.3) is 0 Å². The van der Waals surface area contributed by atoms with Gasteiger partial charge in [0.15, 0.2) is 5.78 Å². The van der Waals surface area contributed by atoms with E-state index >= 15 is 0 Å². The Balaban J connectivity index is 1.43. The number of carbonyl (C=O) groups excluding carboxylic acids is 2. The molecule has 0 spiro atoms. The second-order valence-electron chi connectivity index (χ2n) is 10.9. The van der Waals surface area contributed by atoms with Crippen molar-refractivity contribution < 1.29 is 27.1 Å². The minimum atomic E-state index is -3.80. The Bertz CT molecular complexity index is 1420. The fraction of sp³-hybridized carbons (Fsp3) is 0.355. The third kappa shape index (κ3) is 9.02. The standard InChI is InChI=1S/C31H36FN3O5S/c1-31(2,22-35-16-18-40-19-17-35)34-41(38,39)27-14-8-24(9-15-27)21-29(36)28(20-23-6-4-3-5-7-23)33-30(37)25-10-12-26(32)13-11-25/h3-15,28,34H,16-22H2,1-2H3,(H,33,37)/t28-/m0/s1. The van der Waals surface area contributed by atoms with Crippen molar-refractivity contribution in [1.29, 1.82) is 0 Å². The lowest BCUT2D eigenvalue weighted by atomic mass is 9.97. The van der Waals surface area contributed by atoms with E-state index in [0.717, 1.165) is 18.7 Å². The summed E-state index contributed by atoms with van der Waals surface area (Å²) in [6.45, 7) is 7.01. The molecule has 1 amide bonds. The lowest BCUT2D eigenvalue weighted by molar-refractivity contribution is -0.120. The molecule has 1 aliphatic heterocycles. The average Bonchev–Trinajstić information content (AvgIpc) is 2.93. The molecule has 0 saturated carbocycles. The second-order valence-corrected chi connectivity index (χ2v) is 12.6. The van der Waals surface area contributed by atoms with Crippen LogP contribution in [0, 0.1) is 5.82 Å². The molecular weight excluding hydrogens is 545 g/mol. The topological polar surface area (TPSA) is 105 Å². The summed E-state index contributed by atoms with van der Waals surface area (Å²) in [5.41, 5.74) is 1.04. The first-order valence-corrected chi connectivity index (χ1v) is 15.1. The van der Waals surface area contributed by atoms with Crippen LogP contribution in [0.2, 0.25) is 0 Å². The summed E-state index contributed by atoms with van der Waals surface area (Å²) < 4.78 is 47.7. The molecule has 10 heteroatoms. The van der Waals surface area contributed by atoms with Gasteiger partial charge in [-0.2, -0.15) is 0 Å². The van der Waals surface area contributed by atoms with Gasteiger partial charge in [0.1, 0.15) is 5.82 Å². The molecular formula is C31H36FN3O5S. The molecule has 41 heavy (non-hydrogen) atoms. The lowest BCUT2D eigenvalue weighted by Crippen LogP contribution is -2.53. The van der Waals surface area contributed by atoms with Crippen LogP contribution < -0.4 is 10.0 Å². The van der Waals surface area contributed by atoms with Gasteiger partial charge in [-0.1, -0.05) is 42.5 Å². The fourth-order valence-corrected chi connectivity index (χ4v) is 6.23. The predicted octanol–water partition coefficient (Wildman–Crippen LogP) is 3.37. The Labute approximate surface area is 241 Å². The highest BCUT2D eigenvalue weighted by Crippen LogP contribution is 2.17. The van der Waals surface area contributed by atoms with Gasteiger partial charge in [-0.15, -0.1) is 0 Å². The zero-order chi connectivity index (χ0) is 29.5. The highest BCUT2D eigenvalue weighted by atomic mass is 32.2. The number of morpholine rings is 1. The monoisotopic (exact) mass is 581 g/mol. The number of rotatable bonds is 12. The molecule has 1 heterocycles. The van der Waals surface area contributed by atoms with E-state index in [-0.39, 0.29) is 29.1 Å². The number of halogens is 1. The summed E-state index contributed by atoms with van der Waals surface area (Å²) in [4.78, 5) is 28.5. The van der Waals surface area contributed by atoms with Gasteiger partial charge in [0.05, 0.1) is 24.2 Å². The number of hydrogen-bond acceptors (Lipinski definition) is 6. The Kier molecular flexibility index (Phi) is 10.0. The smallest absolute Gasteiger partial charge is 0.251 e. The minimum absolute atomic E-state index is 0.00250.